The molecule has 0 saturated carbocycles. The molecule has 98 valence electrons. The van der Waals surface area contributed by atoms with Crippen molar-refractivity contribution in [1.82, 2.24) is 10.2 Å². The molecule has 5 nitrogen and oxygen atoms in total. The molecule has 1 amide bonds. The maximum atomic E-state index is 11.9. The number of carboxylic acids is 1. The summed E-state index contributed by atoms with van der Waals surface area (Å²) in [5.74, 6) is -0.670. The summed E-state index contributed by atoms with van der Waals surface area (Å²) in [4.78, 5) is 24.9. The lowest BCUT2D eigenvalue weighted by Crippen LogP contribution is -2.50. The molecule has 0 radical (unpaired) electrons. The molecule has 1 fully saturated rings. The molecule has 1 heterocycles. The van der Waals surface area contributed by atoms with Crippen LogP contribution in [0.1, 0.15) is 33.1 Å². The summed E-state index contributed by atoms with van der Waals surface area (Å²) >= 11 is 0. The van der Waals surface area contributed by atoms with Crippen molar-refractivity contribution in [2.24, 2.45) is 5.41 Å². The lowest BCUT2D eigenvalue weighted by molar-refractivity contribution is -0.154. The Kier molecular flexibility index (Phi) is 4.51. The molecule has 1 saturated heterocycles. The largest absolute Gasteiger partial charge is 0.481 e. The van der Waals surface area contributed by atoms with E-state index in [-0.39, 0.29) is 11.9 Å². The molecule has 1 aliphatic heterocycles. The number of likely N-dealkylation sites (N-methyl/N-ethyl adjacent to an activating group) is 1. The van der Waals surface area contributed by atoms with Gasteiger partial charge in [0.1, 0.15) is 0 Å². The van der Waals surface area contributed by atoms with Gasteiger partial charge in [-0.1, -0.05) is 6.92 Å². The first kappa shape index (κ1) is 14.0. The van der Waals surface area contributed by atoms with Crippen molar-refractivity contribution in [2.75, 3.05) is 20.1 Å². The van der Waals surface area contributed by atoms with E-state index in [2.05, 4.69) is 5.32 Å². The first-order valence-electron chi connectivity index (χ1n) is 6.16. The number of likely N-dealkylation sites (tertiary alicyclic amines) is 1. The number of aliphatic carboxylic acids is 1. The fourth-order valence-electron chi connectivity index (χ4n) is 2.27. The predicted molar refractivity (Wildman–Crippen MR) is 64.7 cm³/mol. The van der Waals surface area contributed by atoms with Gasteiger partial charge in [0.05, 0.1) is 11.5 Å². The summed E-state index contributed by atoms with van der Waals surface area (Å²) in [6, 6.07) is -0.200. The first-order valence-corrected chi connectivity index (χ1v) is 6.16. The fraction of sp³-hybridized carbons (Fsp3) is 0.833. The van der Waals surface area contributed by atoms with Gasteiger partial charge in [-0.3, -0.25) is 9.59 Å². The van der Waals surface area contributed by atoms with Crippen molar-refractivity contribution in [2.45, 2.75) is 39.2 Å². The molecule has 1 atom stereocenters. The zero-order valence-electron chi connectivity index (χ0n) is 10.8. The quantitative estimate of drug-likeness (QED) is 0.761. The molecule has 0 spiro atoms. The molecule has 2 N–H and O–H groups in total. The highest BCUT2D eigenvalue weighted by Crippen LogP contribution is 2.35. The van der Waals surface area contributed by atoms with Gasteiger partial charge in [0.2, 0.25) is 5.91 Å². The topological polar surface area (TPSA) is 69.6 Å². The summed E-state index contributed by atoms with van der Waals surface area (Å²) in [6.45, 7) is 4.82. The highest BCUT2D eigenvalue weighted by atomic mass is 16.4. The van der Waals surface area contributed by atoms with E-state index in [9.17, 15) is 14.7 Å². The number of hydrogen-bond donors (Lipinski definition) is 2. The highest BCUT2D eigenvalue weighted by molar-refractivity contribution is 5.82. The molecule has 5 heteroatoms. The summed E-state index contributed by atoms with van der Waals surface area (Å²) in [6.07, 6.45) is 1.74. The summed E-state index contributed by atoms with van der Waals surface area (Å²) in [5.41, 5.74) is -0.625. The smallest absolute Gasteiger partial charge is 0.309 e. The zero-order valence-corrected chi connectivity index (χ0v) is 10.8. The second kappa shape index (κ2) is 5.49. The van der Waals surface area contributed by atoms with E-state index < -0.39 is 11.4 Å². The normalized spacial score (nSPS) is 21.0. The number of hydrogen-bond acceptors (Lipinski definition) is 3. The van der Waals surface area contributed by atoms with E-state index in [4.69, 9.17) is 0 Å². The van der Waals surface area contributed by atoms with Gasteiger partial charge < -0.3 is 15.3 Å². The Bertz CT molecular complexity index is 296. The number of carboxylic acid groups (broad SMARTS) is 1. The number of carbonyl (C=O) groups is 2. The SMILES string of the molecule is CCC1(C(=O)O)CCN(C(=O)C(C)NC)CC1. The Balaban J connectivity index is 2.61. The van der Waals surface area contributed by atoms with E-state index in [0.29, 0.717) is 32.4 Å². The zero-order chi connectivity index (χ0) is 13.1. The number of nitrogens with one attached hydrogen (secondary N) is 1. The average Bonchev–Trinajstić information content (AvgIpc) is 2.36. The van der Waals surface area contributed by atoms with Crippen LogP contribution in [0.3, 0.4) is 0 Å². The van der Waals surface area contributed by atoms with Crippen molar-refractivity contribution in [3.8, 4) is 0 Å². The van der Waals surface area contributed by atoms with Crippen molar-refractivity contribution in [3.05, 3.63) is 0 Å². The molecule has 0 aromatic rings. The standard InChI is InChI=1S/C12H22N2O3/c1-4-12(11(16)17)5-7-14(8-6-12)10(15)9(2)13-3/h9,13H,4-8H2,1-3H3,(H,16,17). The molecule has 1 aliphatic rings. The molecule has 0 aromatic carbocycles. The van der Waals surface area contributed by atoms with E-state index in [1.54, 1.807) is 11.9 Å². The maximum Gasteiger partial charge on any atom is 0.309 e. The lowest BCUT2D eigenvalue weighted by atomic mass is 9.76. The Morgan fingerprint density at radius 2 is 1.94 bits per heavy atom. The van der Waals surface area contributed by atoms with E-state index in [1.807, 2.05) is 13.8 Å². The highest BCUT2D eigenvalue weighted by Gasteiger charge is 2.41. The van der Waals surface area contributed by atoms with Crippen LogP contribution in [0.4, 0.5) is 0 Å². The molecule has 0 aromatic heterocycles. The summed E-state index contributed by atoms with van der Waals surface area (Å²) < 4.78 is 0. The predicted octanol–water partition coefficient (Wildman–Crippen LogP) is 0.698. The van der Waals surface area contributed by atoms with Crippen LogP contribution < -0.4 is 5.32 Å². The maximum absolute atomic E-state index is 11.9. The van der Waals surface area contributed by atoms with Crippen LogP contribution in [0.5, 0.6) is 0 Å². The number of amides is 1. The minimum absolute atomic E-state index is 0.0580. The Morgan fingerprint density at radius 1 is 1.41 bits per heavy atom. The number of carbonyl (C=O) groups excluding carboxylic acids is 1. The second-order valence-electron chi connectivity index (χ2n) is 4.77. The van der Waals surface area contributed by atoms with Crippen LogP contribution in [0, 0.1) is 5.41 Å². The van der Waals surface area contributed by atoms with Crippen LogP contribution in [0.25, 0.3) is 0 Å². The third kappa shape index (κ3) is 2.77. The second-order valence-corrected chi connectivity index (χ2v) is 4.77. The number of rotatable bonds is 4. The fourth-order valence-corrected chi connectivity index (χ4v) is 2.27. The van der Waals surface area contributed by atoms with Crippen molar-refractivity contribution in [3.63, 3.8) is 0 Å². The Labute approximate surface area is 102 Å². The van der Waals surface area contributed by atoms with Gasteiger partial charge in [-0.2, -0.15) is 0 Å². The first-order chi connectivity index (χ1) is 7.96. The van der Waals surface area contributed by atoms with Crippen LogP contribution in [-0.2, 0) is 9.59 Å². The third-order valence-corrected chi connectivity index (χ3v) is 3.97. The van der Waals surface area contributed by atoms with Gasteiger partial charge in [0, 0.05) is 13.1 Å². The minimum atomic E-state index is -0.728. The van der Waals surface area contributed by atoms with E-state index >= 15 is 0 Å². The van der Waals surface area contributed by atoms with Crippen LogP contribution >= 0.6 is 0 Å². The molecule has 1 unspecified atom stereocenters. The molecule has 17 heavy (non-hydrogen) atoms. The molecule has 0 bridgehead atoms. The number of nitrogens with zero attached hydrogens (tertiary/aromatic N) is 1. The van der Waals surface area contributed by atoms with Crippen molar-refractivity contribution in [1.29, 1.82) is 0 Å². The van der Waals surface area contributed by atoms with Crippen LogP contribution in [-0.4, -0.2) is 48.1 Å². The Morgan fingerprint density at radius 3 is 2.29 bits per heavy atom. The Hall–Kier alpha value is -1.10. The summed E-state index contributed by atoms with van der Waals surface area (Å²) in [5, 5.41) is 12.2. The summed E-state index contributed by atoms with van der Waals surface area (Å²) in [7, 11) is 1.75. The van der Waals surface area contributed by atoms with Crippen LogP contribution in [0.2, 0.25) is 0 Å². The molecular formula is C12H22N2O3. The molecule has 0 aliphatic carbocycles. The molecular weight excluding hydrogens is 220 g/mol. The van der Waals surface area contributed by atoms with Gasteiger partial charge in [0.25, 0.3) is 0 Å². The van der Waals surface area contributed by atoms with Crippen molar-refractivity contribution < 1.29 is 14.7 Å². The molecule has 1 rings (SSSR count). The monoisotopic (exact) mass is 242 g/mol. The lowest BCUT2D eigenvalue weighted by Gasteiger charge is -2.39. The third-order valence-electron chi connectivity index (χ3n) is 3.97. The van der Waals surface area contributed by atoms with Crippen LogP contribution in [0.15, 0.2) is 0 Å². The van der Waals surface area contributed by atoms with Gasteiger partial charge in [0.15, 0.2) is 0 Å². The van der Waals surface area contributed by atoms with Gasteiger partial charge in [-0.05, 0) is 33.2 Å². The van der Waals surface area contributed by atoms with E-state index in [0.717, 1.165) is 0 Å². The number of piperidine rings is 1. The van der Waals surface area contributed by atoms with Gasteiger partial charge in [-0.25, -0.2) is 0 Å². The van der Waals surface area contributed by atoms with E-state index in [1.165, 1.54) is 0 Å². The van der Waals surface area contributed by atoms with Gasteiger partial charge in [-0.15, -0.1) is 0 Å². The average molecular weight is 242 g/mol. The van der Waals surface area contributed by atoms with Gasteiger partial charge >= 0.3 is 5.97 Å². The van der Waals surface area contributed by atoms with Crippen molar-refractivity contribution >= 4 is 11.9 Å². The minimum Gasteiger partial charge on any atom is -0.481 e.